The summed E-state index contributed by atoms with van der Waals surface area (Å²) in [6.07, 6.45) is 3.22. The van der Waals surface area contributed by atoms with Crippen molar-refractivity contribution >= 4 is 29.8 Å². The van der Waals surface area contributed by atoms with Crippen LogP contribution in [0.15, 0.2) is 24.3 Å². The van der Waals surface area contributed by atoms with Gasteiger partial charge in [0.2, 0.25) is 0 Å². The van der Waals surface area contributed by atoms with Crippen LogP contribution in [-0.4, -0.2) is 5.78 Å². The molecule has 0 bridgehead atoms. The third kappa shape index (κ3) is 2.24. The standard InChI is InChI=1S/C12H14ClNO.ClH/c13-10-6-2-1-5-9(10)12(14)8-4-3-7-11(12)15;/h1-2,5-6H,3-4,7-8,14H2;1H/i1+1,2+1,5+1,6+1,9+1,10+1;. The van der Waals surface area contributed by atoms with Gasteiger partial charge < -0.3 is 5.73 Å². The molecule has 0 radical (unpaired) electrons. The predicted octanol–water partition coefficient (Wildman–Crippen LogP) is 3.06. The minimum Gasteiger partial charge on any atom is -0.315 e. The smallest absolute Gasteiger partial charge is 0.157 e. The van der Waals surface area contributed by atoms with Gasteiger partial charge in [-0.2, -0.15) is 0 Å². The number of hydrogen-bond acceptors (Lipinski definition) is 2. The first-order valence-electron chi connectivity index (χ1n) is 5.22. The van der Waals surface area contributed by atoms with Gasteiger partial charge in [0, 0.05) is 11.4 Å². The van der Waals surface area contributed by atoms with Gasteiger partial charge in [0.05, 0.1) is 0 Å². The number of benzene rings is 1. The summed E-state index contributed by atoms with van der Waals surface area (Å²) in [5, 5.41) is 0.593. The first kappa shape index (κ1) is 13.5. The molecule has 2 nitrogen and oxygen atoms in total. The van der Waals surface area contributed by atoms with Crippen molar-refractivity contribution in [1.82, 2.24) is 0 Å². The van der Waals surface area contributed by atoms with Crippen LogP contribution in [0.5, 0.6) is 0 Å². The lowest BCUT2D eigenvalue weighted by molar-refractivity contribution is -0.126. The van der Waals surface area contributed by atoms with Gasteiger partial charge in [-0.1, -0.05) is 36.2 Å². The lowest BCUT2D eigenvalue weighted by atomic mass is 9.86. The summed E-state index contributed by atoms with van der Waals surface area (Å²) in [5.74, 6) is 0.113. The quantitative estimate of drug-likeness (QED) is 0.848. The van der Waals surface area contributed by atoms with Gasteiger partial charge in [-0.3, -0.25) is 4.79 Å². The lowest BCUT2D eigenvalue weighted by Gasteiger charge is -2.32. The second kappa shape index (κ2) is 5.17. The van der Waals surface area contributed by atoms with Crippen LogP contribution in [0.1, 0.15) is 31.2 Å². The van der Waals surface area contributed by atoms with Crippen LogP contribution in [0.4, 0.5) is 0 Å². The summed E-state index contributed by atoms with van der Waals surface area (Å²) in [6, 6.07) is 7.36. The monoisotopic (exact) mass is 265 g/mol. The Kier molecular flexibility index (Phi) is 4.36. The van der Waals surface area contributed by atoms with Crippen LogP contribution in [0.2, 0.25) is 5.02 Å². The summed E-state index contributed by atoms with van der Waals surface area (Å²) in [5.41, 5.74) is 6.11. The molecule has 1 aliphatic carbocycles. The van der Waals surface area contributed by atoms with Crippen LogP contribution in [0.25, 0.3) is 0 Å². The molecule has 0 aromatic heterocycles. The molecule has 0 aliphatic heterocycles. The molecular formula is C12H15Cl2NO. The Bertz CT molecular complexity index is 394. The highest BCUT2D eigenvalue weighted by Crippen LogP contribution is 2.35. The molecule has 0 heterocycles. The van der Waals surface area contributed by atoms with Crippen molar-refractivity contribution in [2.45, 2.75) is 31.2 Å². The third-order valence-corrected chi connectivity index (χ3v) is 3.41. The van der Waals surface area contributed by atoms with Crippen molar-refractivity contribution < 1.29 is 4.79 Å². The first-order valence-corrected chi connectivity index (χ1v) is 5.59. The molecule has 88 valence electrons. The van der Waals surface area contributed by atoms with Gasteiger partial charge in [0.25, 0.3) is 0 Å². The largest absolute Gasteiger partial charge is 0.315 e. The number of halogens is 2. The van der Waals surface area contributed by atoms with E-state index in [0.717, 1.165) is 18.4 Å². The molecule has 4 heteroatoms. The van der Waals surface area contributed by atoms with Gasteiger partial charge in [0.1, 0.15) is 5.54 Å². The second-order valence-electron chi connectivity index (χ2n) is 4.08. The fourth-order valence-electron chi connectivity index (χ4n) is 2.16. The van der Waals surface area contributed by atoms with Crippen molar-refractivity contribution in [2.75, 3.05) is 0 Å². The first-order chi connectivity index (χ1) is 7.14. The zero-order valence-electron chi connectivity index (χ0n) is 8.91. The van der Waals surface area contributed by atoms with E-state index in [1.54, 1.807) is 6.07 Å². The summed E-state index contributed by atoms with van der Waals surface area (Å²) in [6.45, 7) is 0. The summed E-state index contributed by atoms with van der Waals surface area (Å²) in [7, 11) is 0. The molecular weight excluding hydrogens is 251 g/mol. The van der Waals surface area contributed by atoms with Crippen LogP contribution in [-0.2, 0) is 10.3 Å². The Balaban J connectivity index is 0.00000128. The molecule has 2 rings (SSSR count). The molecule has 1 fully saturated rings. The number of hydrogen-bond donors (Lipinski definition) is 1. The van der Waals surface area contributed by atoms with E-state index < -0.39 is 5.54 Å². The number of rotatable bonds is 1. The lowest BCUT2D eigenvalue weighted by Crippen LogP contribution is -2.47. The van der Waals surface area contributed by atoms with Crippen LogP contribution >= 0.6 is 24.0 Å². The molecule has 1 aliphatic rings. The Labute approximate surface area is 107 Å². The third-order valence-electron chi connectivity index (χ3n) is 3.08. The molecule has 0 spiro atoms. The maximum absolute atomic E-state index is 11.9. The van der Waals surface area contributed by atoms with Crippen LogP contribution in [0.3, 0.4) is 0 Å². The van der Waals surface area contributed by atoms with Crippen molar-refractivity contribution in [3.8, 4) is 0 Å². The average molecular weight is 266 g/mol. The maximum Gasteiger partial charge on any atom is 0.157 e. The zero-order valence-corrected chi connectivity index (χ0v) is 10.5. The van der Waals surface area contributed by atoms with E-state index in [4.69, 9.17) is 17.3 Å². The normalized spacial score (nSPS) is 25.0. The molecule has 1 aromatic carbocycles. The van der Waals surface area contributed by atoms with Gasteiger partial charge in [-0.05, 0) is 24.5 Å². The molecule has 1 aromatic rings. The highest BCUT2D eigenvalue weighted by Gasteiger charge is 2.38. The number of ketones is 1. The topological polar surface area (TPSA) is 43.1 Å². The van der Waals surface area contributed by atoms with Crippen molar-refractivity contribution in [3.63, 3.8) is 0 Å². The van der Waals surface area contributed by atoms with Gasteiger partial charge in [-0.25, -0.2) is 0 Å². The van der Waals surface area contributed by atoms with E-state index in [2.05, 4.69) is 0 Å². The van der Waals surface area contributed by atoms with Gasteiger partial charge in [0.15, 0.2) is 5.78 Å². The fourth-order valence-corrected chi connectivity index (χ4v) is 2.46. The summed E-state index contributed by atoms with van der Waals surface area (Å²) >= 11 is 6.08. The molecule has 0 amide bonds. The molecule has 16 heavy (non-hydrogen) atoms. The van der Waals surface area contributed by atoms with Crippen LogP contribution < -0.4 is 5.73 Å². The van der Waals surface area contributed by atoms with Crippen molar-refractivity contribution in [1.29, 1.82) is 0 Å². The minimum atomic E-state index is -0.851. The molecule has 0 saturated heterocycles. The minimum absolute atomic E-state index is 0. The van der Waals surface area contributed by atoms with E-state index >= 15 is 0 Å². The Morgan fingerprint density at radius 2 is 1.94 bits per heavy atom. The van der Waals surface area contributed by atoms with E-state index in [0.29, 0.717) is 17.9 Å². The van der Waals surface area contributed by atoms with E-state index in [9.17, 15) is 4.79 Å². The number of carbonyl (C=O) groups excluding carboxylic acids is 1. The summed E-state index contributed by atoms with van der Waals surface area (Å²) in [4.78, 5) is 11.9. The second-order valence-corrected chi connectivity index (χ2v) is 4.49. The fraction of sp³-hybridized carbons (Fsp3) is 0.417. The maximum atomic E-state index is 11.9. The van der Waals surface area contributed by atoms with Gasteiger partial charge >= 0.3 is 0 Å². The number of nitrogens with two attached hydrogens (primary N) is 1. The van der Waals surface area contributed by atoms with E-state index in [1.165, 1.54) is 0 Å². The van der Waals surface area contributed by atoms with Crippen LogP contribution in [0, 0.1) is 0 Å². The molecule has 2 N–H and O–H groups in total. The van der Waals surface area contributed by atoms with Gasteiger partial charge in [-0.15, -0.1) is 12.4 Å². The molecule has 1 saturated carbocycles. The zero-order chi connectivity index (χ0) is 10.9. The average Bonchev–Trinajstić information content (AvgIpc) is 2.23. The number of Topliss-reactive ketones (excluding diaryl/α,β-unsaturated/α-hetero) is 1. The van der Waals surface area contributed by atoms with E-state index in [-0.39, 0.29) is 18.2 Å². The molecule has 1 atom stereocenters. The Morgan fingerprint density at radius 3 is 2.56 bits per heavy atom. The predicted molar refractivity (Wildman–Crippen MR) is 68.0 cm³/mol. The van der Waals surface area contributed by atoms with E-state index in [1.807, 2.05) is 18.2 Å². The summed E-state index contributed by atoms with van der Waals surface area (Å²) < 4.78 is 0. The highest BCUT2D eigenvalue weighted by atomic mass is 35.5. The number of carbonyl (C=O) groups is 1. The SMILES string of the molecule is Cl.NC1([13c]2[13cH][13cH][13cH][13cH][13c]2Cl)CCCCC1=O. The Morgan fingerprint density at radius 1 is 1.25 bits per heavy atom. The highest BCUT2D eigenvalue weighted by molar-refractivity contribution is 6.31. The van der Waals surface area contributed by atoms with Crippen molar-refractivity contribution in [3.05, 3.63) is 34.9 Å². The Hall–Kier alpha value is -0.570. The molecule has 1 unspecified atom stereocenters. The van der Waals surface area contributed by atoms with Crippen molar-refractivity contribution in [2.24, 2.45) is 5.73 Å².